The smallest absolute Gasteiger partial charge is 0.443 e. The third kappa shape index (κ3) is 2.82. The van der Waals surface area contributed by atoms with Gasteiger partial charge in [0, 0.05) is 6.61 Å². The molecular formula is C5H7LiO. The molecule has 0 spiro atoms. The summed E-state index contributed by atoms with van der Waals surface area (Å²) >= 11 is 0. The molecule has 1 aliphatic heterocycles. The van der Waals surface area contributed by atoms with E-state index in [0.29, 0.717) is 0 Å². The van der Waals surface area contributed by atoms with Gasteiger partial charge in [-0.25, -0.2) is 12.2 Å². The first-order valence-corrected chi connectivity index (χ1v) is 2.10. The van der Waals surface area contributed by atoms with Gasteiger partial charge in [0.25, 0.3) is 0 Å². The van der Waals surface area contributed by atoms with Gasteiger partial charge in [-0.15, -0.1) is 6.61 Å². The van der Waals surface area contributed by atoms with Crippen LogP contribution in [-0.4, -0.2) is 6.61 Å². The Kier molecular flexibility index (Phi) is 4.43. The fourth-order valence-corrected chi connectivity index (χ4v) is 0.411. The number of hydrogen-bond acceptors (Lipinski definition) is 1. The summed E-state index contributed by atoms with van der Waals surface area (Å²) in [6.07, 6.45) is 5.07. The maximum absolute atomic E-state index is 4.86. The van der Waals surface area contributed by atoms with E-state index in [1.165, 1.54) is 0 Å². The molecule has 0 amide bonds. The largest absolute Gasteiger partial charge is 1.00 e. The molecule has 0 aromatic heterocycles. The SMILES string of the molecule is C1=CCCO[CH-]1.[Li+]. The average Bonchev–Trinajstić information content (AvgIpc) is 1.72. The summed E-state index contributed by atoms with van der Waals surface area (Å²) in [6, 6.07) is 0. The summed E-state index contributed by atoms with van der Waals surface area (Å²) in [5, 5.41) is 0. The Hall–Kier alpha value is 0.167. The molecule has 34 valence electrons. The van der Waals surface area contributed by atoms with E-state index < -0.39 is 0 Å². The molecule has 0 aliphatic carbocycles. The average molecular weight is 90.1 g/mol. The third-order valence-corrected chi connectivity index (χ3v) is 0.713. The van der Waals surface area contributed by atoms with E-state index >= 15 is 0 Å². The number of hydrogen-bond donors (Lipinski definition) is 0. The molecule has 1 aliphatic rings. The van der Waals surface area contributed by atoms with Gasteiger partial charge in [0.1, 0.15) is 0 Å². The zero-order valence-electron chi connectivity index (χ0n) is 4.55. The van der Waals surface area contributed by atoms with Crippen LogP contribution in [-0.2, 0) is 4.74 Å². The van der Waals surface area contributed by atoms with E-state index in [-0.39, 0.29) is 18.9 Å². The van der Waals surface area contributed by atoms with Crippen LogP contribution in [0, 0.1) is 6.61 Å². The van der Waals surface area contributed by atoms with E-state index in [2.05, 4.69) is 6.08 Å². The van der Waals surface area contributed by atoms with Crippen molar-refractivity contribution in [3.05, 3.63) is 18.8 Å². The van der Waals surface area contributed by atoms with E-state index in [9.17, 15) is 0 Å². The molecule has 0 unspecified atom stereocenters. The molecule has 0 fully saturated rings. The molecule has 1 rings (SSSR count). The van der Waals surface area contributed by atoms with Crippen molar-refractivity contribution in [2.45, 2.75) is 6.42 Å². The Bertz CT molecular complexity index is 53.1. The molecule has 0 N–H and O–H groups in total. The second-order valence-electron chi connectivity index (χ2n) is 1.22. The van der Waals surface area contributed by atoms with Crippen molar-refractivity contribution in [1.82, 2.24) is 0 Å². The van der Waals surface area contributed by atoms with Crippen LogP contribution in [0.1, 0.15) is 6.42 Å². The summed E-state index contributed by atoms with van der Waals surface area (Å²) < 4.78 is 4.86. The second-order valence-corrected chi connectivity index (χ2v) is 1.22. The minimum absolute atomic E-state index is 0. The van der Waals surface area contributed by atoms with Gasteiger partial charge in [-0.1, -0.05) is 6.42 Å². The van der Waals surface area contributed by atoms with Gasteiger partial charge in [0.15, 0.2) is 0 Å². The first-order chi connectivity index (χ1) is 3.00. The maximum atomic E-state index is 4.86. The van der Waals surface area contributed by atoms with Gasteiger partial charge in [-0.05, 0) is 0 Å². The fraction of sp³-hybridized carbons (Fsp3) is 0.400. The van der Waals surface area contributed by atoms with Crippen LogP contribution in [0.3, 0.4) is 0 Å². The minimum Gasteiger partial charge on any atom is -0.443 e. The van der Waals surface area contributed by atoms with Gasteiger partial charge in [-0.2, -0.15) is 0 Å². The molecule has 0 bridgehead atoms. The number of ether oxygens (including phenoxy) is 1. The van der Waals surface area contributed by atoms with Crippen molar-refractivity contribution < 1.29 is 23.6 Å². The molecule has 1 heterocycles. The van der Waals surface area contributed by atoms with Crippen LogP contribution in [0.15, 0.2) is 12.2 Å². The Morgan fingerprint density at radius 3 is 2.57 bits per heavy atom. The van der Waals surface area contributed by atoms with Crippen LogP contribution in [0.5, 0.6) is 0 Å². The van der Waals surface area contributed by atoms with Crippen LogP contribution >= 0.6 is 0 Å². The maximum Gasteiger partial charge on any atom is 1.00 e. The molecule has 7 heavy (non-hydrogen) atoms. The summed E-state index contributed by atoms with van der Waals surface area (Å²) in [5.74, 6) is 0. The predicted octanol–water partition coefficient (Wildman–Crippen LogP) is -1.87. The van der Waals surface area contributed by atoms with Crippen molar-refractivity contribution in [3.8, 4) is 0 Å². The van der Waals surface area contributed by atoms with Crippen LogP contribution in [0.4, 0.5) is 0 Å². The van der Waals surface area contributed by atoms with Crippen molar-refractivity contribution in [3.63, 3.8) is 0 Å². The standard InChI is InChI=1S/C5H7O.Li/c1-2-4-6-5-3-1;/h1-2,4H,3,5H2;/q-1;+1. The Morgan fingerprint density at radius 2 is 2.43 bits per heavy atom. The van der Waals surface area contributed by atoms with Gasteiger partial charge >= 0.3 is 18.9 Å². The summed E-state index contributed by atoms with van der Waals surface area (Å²) in [7, 11) is 0. The fourth-order valence-electron chi connectivity index (χ4n) is 0.411. The van der Waals surface area contributed by atoms with Crippen molar-refractivity contribution >= 4 is 0 Å². The Labute approximate surface area is 55.9 Å². The Balaban J connectivity index is 0.000000360. The molecule has 0 aromatic rings. The summed E-state index contributed by atoms with van der Waals surface area (Å²) in [4.78, 5) is 0. The molecule has 0 atom stereocenters. The molecule has 0 aromatic carbocycles. The zero-order chi connectivity index (χ0) is 4.24. The second kappa shape index (κ2) is 4.33. The van der Waals surface area contributed by atoms with E-state index in [4.69, 9.17) is 4.74 Å². The quantitative estimate of drug-likeness (QED) is 0.250. The molecule has 0 saturated heterocycles. The van der Waals surface area contributed by atoms with Gasteiger partial charge in [0.05, 0.1) is 0 Å². The van der Waals surface area contributed by atoms with Crippen molar-refractivity contribution in [2.75, 3.05) is 6.61 Å². The monoisotopic (exact) mass is 90.1 g/mol. The van der Waals surface area contributed by atoms with Gasteiger partial charge in [-0.3, -0.25) is 0 Å². The number of rotatable bonds is 0. The third-order valence-electron chi connectivity index (χ3n) is 0.713. The Morgan fingerprint density at radius 1 is 1.57 bits per heavy atom. The first-order valence-electron chi connectivity index (χ1n) is 2.10. The zero-order valence-corrected chi connectivity index (χ0v) is 4.55. The van der Waals surface area contributed by atoms with Crippen LogP contribution < -0.4 is 18.9 Å². The van der Waals surface area contributed by atoms with Gasteiger partial charge in [0.2, 0.25) is 0 Å². The minimum atomic E-state index is 0. The molecular weight excluding hydrogens is 83.0 g/mol. The predicted molar refractivity (Wildman–Crippen MR) is 24.0 cm³/mol. The first kappa shape index (κ1) is 7.17. The summed E-state index contributed by atoms with van der Waals surface area (Å²) in [6.45, 7) is 2.57. The molecule has 1 nitrogen and oxygen atoms in total. The van der Waals surface area contributed by atoms with Crippen LogP contribution in [0.2, 0.25) is 0 Å². The molecule has 0 radical (unpaired) electrons. The van der Waals surface area contributed by atoms with E-state index in [1.807, 2.05) is 6.08 Å². The molecule has 2 heteroatoms. The molecule has 0 saturated carbocycles. The van der Waals surface area contributed by atoms with Crippen molar-refractivity contribution in [2.24, 2.45) is 0 Å². The van der Waals surface area contributed by atoms with Crippen molar-refractivity contribution in [1.29, 1.82) is 0 Å². The topological polar surface area (TPSA) is 9.23 Å². The summed E-state index contributed by atoms with van der Waals surface area (Å²) in [5.41, 5.74) is 0. The normalized spacial score (nSPS) is 17.1. The van der Waals surface area contributed by atoms with Gasteiger partial charge < -0.3 is 4.74 Å². The van der Waals surface area contributed by atoms with E-state index in [1.54, 1.807) is 6.61 Å². The van der Waals surface area contributed by atoms with Crippen LogP contribution in [0.25, 0.3) is 0 Å². The van der Waals surface area contributed by atoms with E-state index in [0.717, 1.165) is 13.0 Å².